The smallest absolute Gasteiger partial charge is 0.290 e. The maximum atomic E-state index is 12.1. The van der Waals surface area contributed by atoms with Crippen LogP contribution in [0.25, 0.3) is 0 Å². The maximum absolute atomic E-state index is 12.1. The van der Waals surface area contributed by atoms with E-state index in [9.17, 15) is 8.42 Å². The third kappa shape index (κ3) is 10.0. The Hall–Kier alpha value is -1.23. The molecule has 0 spiro atoms. The lowest BCUT2D eigenvalue weighted by Gasteiger charge is -2.41. The predicted octanol–water partition coefficient (Wildman–Crippen LogP) is 0.476. The minimum atomic E-state index is -2.99. The van der Waals surface area contributed by atoms with E-state index in [1.807, 2.05) is 6.92 Å². The van der Waals surface area contributed by atoms with Crippen molar-refractivity contribution in [1.82, 2.24) is 14.1 Å². The van der Waals surface area contributed by atoms with Crippen LogP contribution < -0.4 is 0 Å². The standard InChI is InChI=1S/C15H31N3O2S.2CH2O2/c1-4-11-21(19,20)18-7-5-15(6-8-18)13-17-10-9-16(3)12-14(17)2;2*2-1-3/h14-15H,4-13H2,1-3H3;2*1H,(H,2,3). The van der Waals surface area contributed by atoms with Gasteiger partial charge in [0, 0.05) is 45.3 Å². The number of piperidine rings is 1. The predicted molar refractivity (Wildman–Crippen MR) is 104 cm³/mol. The van der Waals surface area contributed by atoms with Crippen LogP contribution in [-0.2, 0) is 19.6 Å². The summed E-state index contributed by atoms with van der Waals surface area (Å²) in [5, 5.41) is 13.8. The van der Waals surface area contributed by atoms with Gasteiger partial charge in [-0.3, -0.25) is 14.5 Å². The van der Waals surface area contributed by atoms with E-state index in [-0.39, 0.29) is 12.9 Å². The summed E-state index contributed by atoms with van der Waals surface area (Å²) in [7, 11) is -0.809. The van der Waals surface area contributed by atoms with Gasteiger partial charge in [-0.2, -0.15) is 0 Å². The second-order valence-corrected chi connectivity index (χ2v) is 9.06. The van der Waals surface area contributed by atoms with Gasteiger partial charge >= 0.3 is 0 Å². The highest BCUT2D eigenvalue weighted by Crippen LogP contribution is 2.22. The SMILES string of the molecule is CCCS(=O)(=O)N1CCC(CN2CCN(C)CC2C)CC1.O=CO.O=CO. The Kier molecular flexibility index (Phi) is 13.2. The van der Waals surface area contributed by atoms with Crippen LogP contribution in [0.3, 0.4) is 0 Å². The minimum absolute atomic E-state index is 0.250. The first-order chi connectivity index (χ1) is 12.7. The summed E-state index contributed by atoms with van der Waals surface area (Å²) in [5.41, 5.74) is 0. The molecule has 160 valence electrons. The fourth-order valence-electron chi connectivity index (χ4n) is 3.54. The monoisotopic (exact) mass is 409 g/mol. The van der Waals surface area contributed by atoms with Crippen LogP contribution in [-0.4, -0.2) is 104 Å². The van der Waals surface area contributed by atoms with Crippen molar-refractivity contribution in [2.24, 2.45) is 5.92 Å². The maximum Gasteiger partial charge on any atom is 0.290 e. The van der Waals surface area contributed by atoms with Gasteiger partial charge in [-0.05, 0) is 39.2 Å². The Labute approximate surface area is 163 Å². The van der Waals surface area contributed by atoms with Gasteiger partial charge in [-0.15, -0.1) is 0 Å². The molecule has 2 rings (SSSR count). The number of rotatable bonds is 5. The van der Waals surface area contributed by atoms with Crippen LogP contribution in [0, 0.1) is 5.92 Å². The second kappa shape index (κ2) is 13.9. The molecule has 0 aliphatic carbocycles. The minimum Gasteiger partial charge on any atom is -0.483 e. The van der Waals surface area contributed by atoms with Crippen molar-refractivity contribution in [3.8, 4) is 0 Å². The molecule has 0 bridgehead atoms. The molecule has 2 heterocycles. The van der Waals surface area contributed by atoms with Gasteiger partial charge < -0.3 is 15.1 Å². The van der Waals surface area contributed by atoms with E-state index in [4.69, 9.17) is 19.8 Å². The molecule has 0 aromatic heterocycles. The van der Waals surface area contributed by atoms with Crippen molar-refractivity contribution in [3.05, 3.63) is 0 Å². The zero-order valence-corrected chi connectivity index (χ0v) is 17.5. The van der Waals surface area contributed by atoms with Crippen molar-refractivity contribution in [3.63, 3.8) is 0 Å². The van der Waals surface area contributed by atoms with Crippen molar-refractivity contribution in [2.75, 3.05) is 52.1 Å². The molecule has 0 aromatic rings. The molecule has 0 aromatic carbocycles. The zero-order valence-electron chi connectivity index (χ0n) is 16.7. The van der Waals surface area contributed by atoms with Crippen LogP contribution in [0.1, 0.15) is 33.1 Å². The Morgan fingerprint density at radius 1 is 1.04 bits per heavy atom. The number of hydrogen-bond acceptors (Lipinski definition) is 6. The van der Waals surface area contributed by atoms with Gasteiger partial charge in [-0.25, -0.2) is 12.7 Å². The molecule has 27 heavy (non-hydrogen) atoms. The Balaban J connectivity index is 0.000000997. The first-order valence-corrected chi connectivity index (χ1v) is 10.9. The molecular formula is C17H35N3O6S. The fourth-order valence-corrected chi connectivity index (χ4v) is 5.08. The zero-order chi connectivity index (χ0) is 20.9. The molecule has 0 amide bonds. The van der Waals surface area contributed by atoms with E-state index in [2.05, 4.69) is 23.8 Å². The molecule has 10 heteroatoms. The van der Waals surface area contributed by atoms with Gasteiger partial charge in [0.2, 0.25) is 10.0 Å². The lowest BCUT2D eigenvalue weighted by Crippen LogP contribution is -2.52. The molecule has 2 aliphatic heterocycles. The van der Waals surface area contributed by atoms with E-state index >= 15 is 0 Å². The quantitative estimate of drug-likeness (QED) is 0.629. The van der Waals surface area contributed by atoms with Crippen LogP contribution in [0.4, 0.5) is 0 Å². The van der Waals surface area contributed by atoms with Gasteiger partial charge in [0.05, 0.1) is 5.75 Å². The van der Waals surface area contributed by atoms with Crippen LogP contribution in [0.5, 0.6) is 0 Å². The van der Waals surface area contributed by atoms with Crippen LogP contribution in [0.15, 0.2) is 0 Å². The van der Waals surface area contributed by atoms with E-state index in [1.165, 1.54) is 0 Å². The first kappa shape index (κ1) is 25.8. The lowest BCUT2D eigenvalue weighted by molar-refractivity contribution is -0.123. The van der Waals surface area contributed by atoms with Crippen molar-refractivity contribution in [1.29, 1.82) is 0 Å². The van der Waals surface area contributed by atoms with E-state index in [0.717, 1.165) is 52.1 Å². The molecule has 2 aliphatic rings. The Bertz CT molecular complexity index is 503. The van der Waals surface area contributed by atoms with E-state index in [1.54, 1.807) is 4.31 Å². The molecule has 2 fully saturated rings. The van der Waals surface area contributed by atoms with Gasteiger partial charge in [0.15, 0.2) is 0 Å². The second-order valence-electron chi connectivity index (χ2n) is 6.98. The van der Waals surface area contributed by atoms with Crippen molar-refractivity contribution in [2.45, 2.75) is 39.2 Å². The fraction of sp³-hybridized carbons (Fsp3) is 0.882. The molecule has 2 N–H and O–H groups in total. The van der Waals surface area contributed by atoms with Gasteiger partial charge in [0.25, 0.3) is 12.9 Å². The molecule has 9 nitrogen and oxygen atoms in total. The van der Waals surface area contributed by atoms with Gasteiger partial charge in [0.1, 0.15) is 0 Å². The summed E-state index contributed by atoms with van der Waals surface area (Å²) < 4.78 is 25.9. The average molecular weight is 410 g/mol. The number of likely N-dealkylation sites (N-methyl/N-ethyl adjacent to an activating group) is 1. The number of nitrogens with zero attached hydrogens (tertiary/aromatic N) is 3. The van der Waals surface area contributed by atoms with Crippen LogP contribution in [0.2, 0.25) is 0 Å². The Morgan fingerprint density at radius 2 is 1.56 bits per heavy atom. The first-order valence-electron chi connectivity index (χ1n) is 9.31. The highest BCUT2D eigenvalue weighted by molar-refractivity contribution is 7.89. The number of piperazine rings is 1. The van der Waals surface area contributed by atoms with Crippen molar-refractivity contribution < 1.29 is 28.2 Å². The molecule has 0 radical (unpaired) electrons. The number of hydrogen-bond donors (Lipinski definition) is 2. The average Bonchev–Trinajstić information content (AvgIpc) is 2.59. The van der Waals surface area contributed by atoms with Crippen LogP contribution >= 0.6 is 0 Å². The highest BCUT2D eigenvalue weighted by atomic mass is 32.2. The number of sulfonamides is 1. The van der Waals surface area contributed by atoms with Crippen molar-refractivity contribution >= 4 is 23.0 Å². The molecular weight excluding hydrogens is 374 g/mol. The molecule has 0 saturated carbocycles. The summed E-state index contributed by atoms with van der Waals surface area (Å²) in [6, 6.07) is 0.616. The largest absolute Gasteiger partial charge is 0.483 e. The summed E-state index contributed by atoms with van der Waals surface area (Å²) in [6.45, 7) is 9.74. The van der Waals surface area contributed by atoms with E-state index < -0.39 is 10.0 Å². The highest BCUT2D eigenvalue weighted by Gasteiger charge is 2.30. The normalized spacial score (nSPS) is 22.7. The summed E-state index contributed by atoms with van der Waals surface area (Å²) >= 11 is 0. The number of carbonyl (C=O) groups is 2. The van der Waals surface area contributed by atoms with E-state index in [0.29, 0.717) is 24.1 Å². The lowest BCUT2D eigenvalue weighted by atomic mass is 9.96. The third-order valence-electron chi connectivity index (χ3n) is 4.89. The third-order valence-corrected chi connectivity index (χ3v) is 6.97. The summed E-state index contributed by atoms with van der Waals surface area (Å²) in [6.07, 6.45) is 2.74. The number of carboxylic acid groups (broad SMARTS) is 2. The molecule has 2 saturated heterocycles. The molecule has 1 unspecified atom stereocenters. The van der Waals surface area contributed by atoms with Gasteiger partial charge in [-0.1, -0.05) is 6.92 Å². The molecule has 1 atom stereocenters. The topological polar surface area (TPSA) is 118 Å². The summed E-state index contributed by atoms with van der Waals surface area (Å²) in [5.74, 6) is 0.955. The Morgan fingerprint density at radius 3 is 2.00 bits per heavy atom. The summed E-state index contributed by atoms with van der Waals surface area (Å²) in [4.78, 5) is 21.7.